The Hall–Kier alpha value is -3.04. The predicted octanol–water partition coefficient (Wildman–Crippen LogP) is 2.47. The van der Waals surface area contributed by atoms with E-state index >= 15 is 0 Å². The third kappa shape index (κ3) is 4.58. The number of rotatable bonds is 4. The molecular formula is C20H24ClFN6O2. The number of hydrogen-bond acceptors (Lipinski definition) is 8. The highest BCUT2D eigenvalue weighted by molar-refractivity contribution is 6.06. The number of hydrogen-bond donors (Lipinski definition) is 2. The van der Waals surface area contributed by atoms with Gasteiger partial charge in [-0.3, -0.25) is 4.90 Å². The summed E-state index contributed by atoms with van der Waals surface area (Å²) in [6.07, 6.45) is -0.636. The molecule has 4 rings (SSSR count). The molecule has 1 atom stereocenters. The zero-order valence-electron chi connectivity index (χ0n) is 16.5. The molecular weight excluding hydrogens is 411 g/mol. The molecule has 2 aliphatic heterocycles. The molecule has 2 aromatic rings. The van der Waals surface area contributed by atoms with Crippen molar-refractivity contribution in [2.24, 2.45) is 15.7 Å². The summed E-state index contributed by atoms with van der Waals surface area (Å²) < 4.78 is 24.8. The van der Waals surface area contributed by atoms with E-state index in [0.29, 0.717) is 43.7 Å². The standard InChI is InChI=1S/C20H23FN6O2.ClH/c1-28-17-8-3-2-7-16(17)27-19(23-15-6-4-5-14(21)13-15)24-18(22)25-20(27)26-9-11-29-12-10-26;/h2-8,13,19,23H,9-12H2,1H3,(H2,22,24);1H. The molecule has 2 heterocycles. The number of halogens is 2. The minimum Gasteiger partial charge on any atom is -0.495 e. The second kappa shape index (κ2) is 9.64. The van der Waals surface area contributed by atoms with Gasteiger partial charge in [0.15, 0.2) is 0 Å². The molecule has 2 aliphatic rings. The van der Waals surface area contributed by atoms with Gasteiger partial charge in [-0.1, -0.05) is 18.2 Å². The van der Waals surface area contributed by atoms with Gasteiger partial charge in [0, 0.05) is 18.8 Å². The van der Waals surface area contributed by atoms with E-state index in [2.05, 4.69) is 20.2 Å². The molecule has 1 saturated heterocycles. The van der Waals surface area contributed by atoms with Gasteiger partial charge in [-0.25, -0.2) is 9.38 Å². The van der Waals surface area contributed by atoms with Crippen LogP contribution in [0.25, 0.3) is 0 Å². The third-order valence-corrected chi connectivity index (χ3v) is 4.69. The molecule has 0 radical (unpaired) electrons. The van der Waals surface area contributed by atoms with Crippen LogP contribution in [0.3, 0.4) is 0 Å². The Bertz CT molecular complexity index is 935. The summed E-state index contributed by atoms with van der Waals surface area (Å²) in [5.41, 5.74) is 7.40. The highest BCUT2D eigenvalue weighted by atomic mass is 35.5. The maximum Gasteiger partial charge on any atom is 0.222 e. The number of guanidine groups is 2. The van der Waals surface area contributed by atoms with Crippen LogP contribution in [0.4, 0.5) is 15.8 Å². The molecule has 8 nitrogen and oxygen atoms in total. The normalized spacial score (nSPS) is 18.8. The number of nitrogens with zero attached hydrogens (tertiary/aromatic N) is 4. The summed E-state index contributed by atoms with van der Waals surface area (Å²) in [6, 6.07) is 13.8. The fourth-order valence-electron chi connectivity index (χ4n) is 3.36. The Morgan fingerprint density at radius 1 is 1.17 bits per heavy atom. The molecule has 0 spiro atoms. The second-order valence-corrected chi connectivity index (χ2v) is 6.57. The fraction of sp³-hybridized carbons (Fsp3) is 0.300. The van der Waals surface area contributed by atoms with Crippen LogP contribution in [0.15, 0.2) is 58.5 Å². The summed E-state index contributed by atoms with van der Waals surface area (Å²) in [4.78, 5) is 13.0. The van der Waals surface area contributed by atoms with E-state index in [1.807, 2.05) is 29.2 Å². The van der Waals surface area contributed by atoms with Crippen LogP contribution in [0.1, 0.15) is 0 Å². The van der Waals surface area contributed by atoms with E-state index in [-0.39, 0.29) is 24.2 Å². The molecule has 3 N–H and O–H groups in total. The zero-order chi connectivity index (χ0) is 20.2. The van der Waals surface area contributed by atoms with Gasteiger partial charge in [0.2, 0.25) is 18.2 Å². The molecule has 1 fully saturated rings. The number of benzene rings is 2. The number of morpholine rings is 1. The van der Waals surface area contributed by atoms with Gasteiger partial charge >= 0.3 is 0 Å². The molecule has 10 heteroatoms. The second-order valence-electron chi connectivity index (χ2n) is 6.57. The highest BCUT2D eigenvalue weighted by Gasteiger charge is 2.33. The average Bonchev–Trinajstić information content (AvgIpc) is 2.74. The minimum atomic E-state index is -0.636. The zero-order valence-corrected chi connectivity index (χ0v) is 17.3. The maximum atomic E-state index is 13.7. The lowest BCUT2D eigenvalue weighted by molar-refractivity contribution is 0.0671. The van der Waals surface area contributed by atoms with Crippen molar-refractivity contribution >= 4 is 35.7 Å². The molecule has 160 valence electrons. The van der Waals surface area contributed by atoms with E-state index in [1.54, 1.807) is 19.2 Å². The lowest BCUT2D eigenvalue weighted by atomic mass is 10.2. The minimum absolute atomic E-state index is 0. The summed E-state index contributed by atoms with van der Waals surface area (Å²) in [5, 5.41) is 3.25. The van der Waals surface area contributed by atoms with E-state index in [1.165, 1.54) is 12.1 Å². The SMILES string of the molecule is COc1ccccc1N1C(N2CCOCC2)=NC(N)=NC1Nc1cccc(F)c1.Cl. The van der Waals surface area contributed by atoms with E-state index < -0.39 is 6.29 Å². The van der Waals surface area contributed by atoms with E-state index in [9.17, 15) is 4.39 Å². The molecule has 0 bridgehead atoms. The predicted molar refractivity (Wildman–Crippen MR) is 118 cm³/mol. The van der Waals surface area contributed by atoms with Crippen molar-refractivity contribution < 1.29 is 13.9 Å². The third-order valence-electron chi connectivity index (χ3n) is 4.69. The topological polar surface area (TPSA) is 87.7 Å². The number of aliphatic imine (C=N–C) groups is 2. The van der Waals surface area contributed by atoms with Crippen molar-refractivity contribution in [1.82, 2.24) is 4.90 Å². The van der Waals surface area contributed by atoms with Crippen LogP contribution in [0, 0.1) is 5.82 Å². The maximum absolute atomic E-state index is 13.7. The van der Waals surface area contributed by atoms with Crippen molar-refractivity contribution in [3.8, 4) is 5.75 Å². The lowest BCUT2D eigenvalue weighted by Crippen LogP contribution is -2.57. The Balaban J connectivity index is 0.00000256. The van der Waals surface area contributed by atoms with Crippen molar-refractivity contribution in [2.75, 3.05) is 43.6 Å². The van der Waals surface area contributed by atoms with Crippen LogP contribution in [-0.2, 0) is 4.74 Å². The van der Waals surface area contributed by atoms with Gasteiger partial charge in [-0.2, -0.15) is 4.99 Å². The Kier molecular flexibility index (Phi) is 6.96. The Labute approximate surface area is 180 Å². The smallest absolute Gasteiger partial charge is 0.222 e. The van der Waals surface area contributed by atoms with Gasteiger partial charge in [-0.05, 0) is 30.3 Å². The first-order valence-corrected chi connectivity index (χ1v) is 9.35. The number of anilines is 2. The Morgan fingerprint density at radius 3 is 2.67 bits per heavy atom. The number of ether oxygens (including phenoxy) is 2. The first-order valence-electron chi connectivity index (χ1n) is 9.35. The Morgan fingerprint density at radius 2 is 1.93 bits per heavy atom. The first kappa shape index (κ1) is 21.7. The van der Waals surface area contributed by atoms with Gasteiger partial charge in [0.25, 0.3) is 0 Å². The van der Waals surface area contributed by atoms with Crippen LogP contribution in [0.5, 0.6) is 5.75 Å². The van der Waals surface area contributed by atoms with Gasteiger partial charge in [-0.15, -0.1) is 12.4 Å². The van der Waals surface area contributed by atoms with Gasteiger partial charge < -0.3 is 25.4 Å². The molecule has 0 saturated carbocycles. The monoisotopic (exact) mass is 434 g/mol. The van der Waals surface area contributed by atoms with E-state index in [0.717, 1.165) is 5.69 Å². The van der Waals surface area contributed by atoms with Crippen LogP contribution in [-0.4, -0.2) is 56.5 Å². The molecule has 30 heavy (non-hydrogen) atoms. The molecule has 2 aromatic carbocycles. The first-order chi connectivity index (χ1) is 14.2. The molecule has 0 aromatic heterocycles. The number of methoxy groups -OCH3 is 1. The fourth-order valence-corrected chi connectivity index (χ4v) is 3.36. The summed E-state index contributed by atoms with van der Waals surface area (Å²) in [7, 11) is 1.61. The number of nitrogens with two attached hydrogens (primary N) is 1. The van der Waals surface area contributed by atoms with E-state index in [4.69, 9.17) is 15.2 Å². The summed E-state index contributed by atoms with van der Waals surface area (Å²) in [5.74, 6) is 1.11. The number of para-hydroxylation sites is 2. The van der Waals surface area contributed by atoms with Crippen molar-refractivity contribution in [1.29, 1.82) is 0 Å². The van der Waals surface area contributed by atoms with Gasteiger partial charge in [0.05, 0.1) is 26.0 Å². The lowest BCUT2D eigenvalue weighted by Gasteiger charge is -2.41. The van der Waals surface area contributed by atoms with Crippen LogP contribution >= 0.6 is 12.4 Å². The number of nitrogens with one attached hydrogen (secondary N) is 1. The van der Waals surface area contributed by atoms with Crippen LogP contribution in [0.2, 0.25) is 0 Å². The molecule has 0 amide bonds. The molecule has 1 unspecified atom stereocenters. The van der Waals surface area contributed by atoms with Crippen molar-refractivity contribution in [3.05, 3.63) is 54.3 Å². The summed E-state index contributed by atoms with van der Waals surface area (Å²) in [6.45, 7) is 2.53. The summed E-state index contributed by atoms with van der Waals surface area (Å²) >= 11 is 0. The van der Waals surface area contributed by atoms with Crippen molar-refractivity contribution in [3.63, 3.8) is 0 Å². The van der Waals surface area contributed by atoms with Crippen LogP contribution < -0.4 is 20.7 Å². The van der Waals surface area contributed by atoms with Gasteiger partial charge in [0.1, 0.15) is 11.6 Å². The quantitative estimate of drug-likeness (QED) is 0.768. The highest BCUT2D eigenvalue weighted by Crippen LogP contribution is 2.32. The largest absolute Gasteiger partial charge is 0.495 e. The van der Waals surface area contributed by atoms with Crippen molar-refractivity contribution in [2.45, 2.75) is 6.29 Å². The average molecular weight is 435 g/mol. The molecule has 0 aliphatic carbocycles.